The van der Waals surface area contributed by atoms with Crippen LogP contribution in [-0.4, -0.2) is 24.7 Å². The highest BCUT2D eigenvalue weighted by molar-refractivity contribution is 5.90. The molecule has 0 saturated carbocycles. The van der Waals surface area contributed by atoms with Gasteiger partial charge in [0.2, 0.25) is 5.91 Å². The normalized spacial score (nSPS) is 19.5. The summed E-state index contributed by atoms with van der Waals surface area (Å²) in [7, 11) is 0. The Morgan fingerprint density at radius 3 is 2.54 bits per heavy atom. The number of amides is 1. The second-order valence-corrected chi connectivity index (χ2v) is 6.73. The Morgan fingerprint density at radius 1 is 1.21 bits per heavy atom. The number of terminal acetylenes is 1. The molecule has 2 heterocycles. The average Bonchev–Trinajstić information content (AvgIpc) is 3.40. The fourth-order valence-electron chi connectivity index (χ4n) is 3.29. The smallest absolute Gasteiger partial charge is 0.224 e. The van der Waals surface area contributed by atoms with E-state index < -0.39 is 0 Å². The first-order valence-corrected chi connectivity index (χ1v) is 8.79. The molecule has 1 aromatic carbocycles. The zero-order chi connectivity index (χ0) is 16.8. The van der Waals surface area contributed by atoms with E-state index >= 15 is 0 Å². The van der Waals surface area contributed by atoms with Crippen molar-refractivity contribution in [2.45, 2.75) is 50.1 Å². The first kappa shape index (κ1) is 17.0. The number of hydrazine groups is 1. The number of anilines is 1. The summed E-state index contributed by atoms with van der Waals surface area (Å²) in [4.78, 5) is 12.1. The second kappa shape index (κ2) is 7.80. The third kappa shape index (κ3) is 4.57. The van der Waals surface area contributed by atoms with Gasteiger partial charge in [-0.3, -0.25) is 4.79 Å². The molecule has 0 atom stereocenters. The quantitative estimate of drug-likeness (QED) is 0.457. The van der Waals surface area contributed by atoms with Gasteiger partial charge in [0.05, 0.1) is 5.66 Å². The van der Waals surface area contributed by atoms with Gasteiger partial charge < -0.3 is 10.6 Å². The van der Waals surface area contributed by atoms with E-state index in [1.807, 2.05) is 12.1 Å². The van der Waals surface area contributed by atoms with Crippen molar-refractivity contribution in [1.29, 1.82) is 0 Å². The molecule has 3 rings (SSSR count). The highest BCUT2D eigenvalue weighted by Crippen LogP contribution is 2.27. The Balaban J connectivity index is 1.45. The summed E-state index contributed by atoms with van der Waals surface area (Å²) in [6, 6.07) is 8.31. The van der Waals surface area contributed by atoms with Crippen molar-refractivity contribution in [3.63, 3.8) is 0 Å². The fourth-order valence-corrected chi connectivity index (χ4v) is 3.29. The van der Waals surface area contributed by atoms with Gasteiger partial charge in [-0.1, -0.05) is 12.1 Å². The van der Waals surface area contributed by atoms with Crippen molar-refractivity contribution >= 4 is 11.6 Å². The molecule has 0 aliphatic carbocycles. The number of carbonyl (C=O) groups excluding carboxylic acids is 1. The summed E-state index contributed by atoms with van der Waals surface area (Å²) in [5.41, 5.74) is 8.33. The van der Waals surface area contributed by atoms with E-state index in [0.29, 0.717) is 18.8 Å². The molecule has 0 spiro atoms. The van der Waals surface area contributed by atoms with E-state index in [-0.39, 0.29) is 11.6 Å². The van der Waals surface area contributed by atoms with Crippen LogP contribution < -0.4 is 21.5 Å². The third-order valence-corrected chi connectivity index (χ3v) is 4.96. The van der Waals surface area contributed by atoms with E-state index in [0.717, 1.165) is 31.6 Å². The van der Waals surface area contributed by atoms with E-state index in [2.05, 4.69) is 39.5 Å². The number of nitrogens with one attached hydrogen (secondary N) is 4. The first-order valence-electron chi connectivity index (χ1n) is 8.79. The van der Waals surface area contributed by atoms with Crippen LogP contribution in [0.4, 0.5) is 5.69 Å². The maximum absolute atomic E-state index is 12.1. The molecule has 1 amide bonds. The number of benzene rings is 1. The fraction of sp³-hybridized carbons (Fsp3) is 0.526. The van der Waals surface area contributed by atoms with Gasteiger partial charge in [-0.05, 0) is 62.4 Å². The van der Waals surface area contributed by atoms with Gasteiger partial charge in [0.1, 0.15) is 0 Å². The molecule has 0 aromatic heterocycles. The van der Waals surface area contributed by atoms with Crippen LogP contribution in [-0.2, 0) is 4.79 Å². The van der Waals surface area contributed by atoms with Gasteiger partial charge in [-0.15, -0.1) is 12.3 Å². The lowest BCUT2D eigenvalue weighted by Gasteiger charge is -2.23. The molecule has 0 unspecified atom stereocenters. The molecule has 5 heteroatoms. The summed E-state index contributed by atoms with van der Waals surface area (Å²) in [6.07, 6.45) is 10.4. The molecule has 2 saturated heterocycles. The van der Waals surface area contributed by atoms with Crippen molar-refractivity contribution in [3.8, 4) is 12.3 Å². The maximum atomic E-state index is 12.1. The van der Waals surface area contributed by atoms with E-state index in [9.17, 15) is 4.79 Å². The van der Waals surface area contributed by atoms with E-state index in [1.54, 1.807) is 0 Å². The summed E-state index contributed by atoms with van der Waals surface area (Å²) in [6.45, 7) is 2.18. The SMILES string of the molecule is C#CCCC1(CCC(=O)Nc2ccc(C3CCNCC3)cc2)NN1. The molecule has 24 heavy (non-hydrogen) atoms. The van der Waals surface area contributed by atoms with Crippen LogP contribution in [0.5, 0.6) is 0 Å². The number of rotatable bonds is 7. The Hall–Kier alpha value is -1.87. The molecule has 1 aromatic rings. The Labute approximate surface area is 143 Å². The molecule has 128 valence electrons. The second-order valence-electron chi connectivity index (χ2n) is 6.73. The minimum atomic E-state index is -0.136. The zero-order valence-corrected chi connectivity index (χ0v) is 14.0. The highest BCUT2D eigenvalue weighted by atomic mass is 16.1. The van der Waals surface area contributed by atoms with Crippen molar-refractivity contribution in [3.05, 3.63) is 29.8 Å². The maximum Gasteiger partial charge on any atom is 0.224 e. The summed E-state index contributed by atoms with van der Waals surface area (Å²) < 4.78 is 0. The summed E-state index contributed by atoms with van der Waals surface area (Å²) in [5.74, 6) is 3.32. The molecule has 0 bridgehead atoms. The standard InChI is InChI=1S/C19H26N4O/c1-2-3-11-19(22-23-19)12-8-18(24)21-17-6-4-15(5-7-17)16-9-13-20-14-10-16/h1,4-7,16,20,22-23H,3,8-14H2,(H,21,24). The van der Waals surface area contributed by atoms with Crippen LogP contribution in [0, 0.1) is 12.3 Å². The zero-order valence-electron chi connectivity index (χ0n) is 14.0. The van der Waals surface area contributed by atoms with Gasteiger partial charge in [0, 0.05) is 18.5 Å². The largest absolute Gasteiger partial charge is 0.326 e. The lowest BCUT2D eigenvalue weighted by Crippen LogP contribution is -2.26. The lowest BCUT2D eigenvalue weighted by molar-refractivity contribution is -0.116. The molecule has 5 nitrogen and oxygen atoms in total. The minimum Gasteiger partial charge on any atom is -0.326 e. The third-order valence-electron chi connectivity index (χ3n) is 4.96. The molecular formula is C19H26N4O. The van der Waals surface area contributed by atoms with Crippen LogP contribution in [0.25, 0.3) is 0 Å². The van der Waals surface area contributed by atoms with E-state index in [1.165, 1.54) is 18.4 Å². The van der Waals surface area contributed by atoms with Gasteiger partial charge in [0.15, 0.2) is 0 Å². The Morgan fingerprint density at radius 2 is 1.92 bits per heavy atom. The van der Waals surface area contributed by atoms with Crippen molar-refractivity contribution in [2.75, 3.05) is 18.4 Å². The van der Waals surface area contributed by atoms with Crippen molar-refractivity contribution in [2.24, 2.45) is 0 Å². The number of carbonyl (C=O) groups is 1. The molecular weight excluding hydrogens is 300 g/mol. The number of hydrogen-bond acceptors (Lipinski definition) is 4. The van der Waals surface area contributed by atoms with Gasteiger partial charge in [0.25, 0.3) is 0 Å². The minimum absolute atomic E-state index is 0.0419. The van der Waals surface area contributed by atoms with Crippen LogP contribution in [0.3, 0.4) is 0 Å². The van der Waals surface area contributed by atoms with Crippen LogP contribution >= 0.6 is 0 Å². The molecule has 2 fully saturated rings. The van der Waals surface area contributed by atoms with Crippen molar-refractivity contribution in [1.82, 2.24) is 16.2 Å². The van der Waals surface area contributed by atoms with Gasteiger partial charge >= 0.3 is 0 Å². The highest BCUT2D eigenvalue weighted by Gasteiger charge is 2.40. The first-order chi connectivity index (χ1) is 11.7. The Bertz CT molecular complexity index is 595. The number of hydrogen-bond donors (Lipinski definition) is 4. The van der Waals surface area contributed by atoms with E-state index in [4.69, 9.17) is 6.42 Å². The molecule has 2 aliphatic rings. The molecule has 4 N–H and O–H groups in total. The Kier molecular flexibility index (Phi) is 5.52. The summed E-state index contributed by atoms with van der Waals surface area (Å²) >= 11 is 0. The summed E-state index contributed by atoms with van der Waals surface area (Å²) in [5, 5.41) is 6.37. The topological polar surface area (TPSA) is 85.0 Å². The van der Waals surface area contributed by atoms with Crippen LogP contribution in [0.1, 0.15) is 50.0 Å². The average molecular weight is 326 g/mol. The van der Waals surface area contributed by atoms with Gasteiger partial charge in [-0.2, -0.15) is 0 Å². The molecule has 2 aliphatic heterocycles. The van der Waals surface area contributed by atoms with Crippen LogP contribution in [0.2, 0.25) is 0 Å². The lowest BCUT2D eigenvalue weighted by atomic mass is 9.90. The van der Waals surface area contributed by atoms with Crippen LogP contribution in [0.15, 0.2) is 24.3 Å². The van der Waals surface area contributed by atoms with Gasteiger partial charge in [-0.25, -0.2) is 10.9 Å². The monoisotopic (exact) mass is 326 g/mol. The predicted molar refractivity (Wildman–Crippen MR) is 96.2 cm³/mol. The molecule has 0 radical (unpaired) electrons. The predicted octanol–water partition coefficient (Wildman–Crippen LogP) is 2.09. The van der Waals surface area contributed by atoms with Crippen molar-refractivity contribution < 1.29 is 4.79 Å². The number of piperidine rings is 1.